The van der Waals surface area contributed by atoms with Crippen molar-refractivity contribution in [2.75, 3.05) is 30.2 Å². The summed E-state index contributed by atoms with van der Waals surface area (Å²) in [6.07, 6.45) is 3.87. The first kappa shape index (κ1) is 27.8. The van der Waals surface area contributed by atoms with E-state index in [1.165, 1.54) is 31.4 Å². The quantitative estimate of drug-likeness (QED) is 0.193. The molecule has 0 aliphatic carbocycles. The lowest BCUT2D eigenvalue weighted by molar-refractivity contribution is 0.102. The molecule has 0 spiro atoms. The average Bonchev–Trinajstić information content (AvgIpc) is 3.33. The minimum atomic E-state index is -0.521. The van der Waals surface area contributed by atoms with E-state index in [1.54, 1.807) is 24.5 Å². The van der Waals surface area contributed by atoms with Crippen LogP contribution in [-0.4, -0.2) is 45.6 Å². The lowest BCUT2D eigenvalue weighted by Gasteiger charge is -2.12. The van der Waals surface area contributed by atoms with Crippen LogP contribution in [0.2, 0.25) is 0 Å². The molecule has 0 fully saturated rings. The van der Waals surface area contributed by atoms with Crippen molar-refractivity contribution >= 4 is 41.5 Å². The van der Waals surface area contributed by atoms with E-state index in [2.05, 4.69) is 30.7 Å². The number of rotatable bonds is 10. The van der Waals surface area contributed by atoms with E-state index < -0.39 is 11.7 Å². The monoisotopic (exact) mass is 547 g/mol. The van der Waals surface area contributed by atoms with Crippen molar-refractivity contribution in [2.45, 2.75) is 13.0 Å². The van der Waals surface area contributed by atoms with Crippen LogP contribution in [0, 0.1) is 5.82 Å². The van der Waals surface area contributed by atoms with Gasteiger partial charge >= 0.3 is 0 Å². The van der Waals surface area contributed by atoms with Gasteiger partial charge in [0.05, 0.1) is 19.3 Å². The summed E-state index contributed by atoms with van der Waals surface area (Å²) in [5.74, 6) is 0.358. The molecule has 0 saturated carbocycles. The number of hydrogen-bond donors (Lipinski definition) is 3. The topological polar surface area (TPSA) is 141 Å². The van der Waals surface area contributed by atoms with E-state index in [4.69, 9.17) is 26.6 Å². The van der Waals surface area contributed by atoms with Gasteiger partial charge in [0.25, 0.3) is 5.91 Å². The largest absolute Gasteiger partial charge is 0.479 e. The van der Waals surface area contributed by atoms with Crippen LogP contribution in [0.3, 0.4) is 0 Å². The molecule has 4 N–H and O–H groups in total. The van der Waals surface area contributed by atoms with E-state index in [0.29, 0.717) is 47.2 Å². The molecular formula is C24H24Cl2FN7O3. The number of anilines is 2. The molecule has 3 heterocycles. The van der Waals surface area contributed by atoms with Crippen molar-refractivity contribution in [1.82, 2.24) is 20.1 Å². The molecule has 1 amide bonds. The molecule has 37 heavy (non-hydrogen) atoms. The fourth-order valence-electron chi connectivity index (χ4n) is 3.32. The van der Waals surface area contributed by atoms with Crippen LogP contribution in [0.1, 0.15) is 22.6 Å². The molecule has 4 rings (SSSR count). The van der Waals surface area contributed by atoms with Crippen molar-refractivity contribution in [2.24, 2.45) is 5.73 Å². The summed E-state index contributed by atoms with van der Waals surface area (Å²) < 4.78 is 24.3. The second kappa shape index (κ2) is 12.9. The van der Waals surface area contributed by atoms with E-state index in [9.17, 15) is 9.18 Å². The standard InChI is InChI=1S/C24H23ClFN7O3.ClH/c1-35-23-18(8-7-17(32-23)15-12-29-19(11-27)30-13-15)31-22(34)20-21(14-3-5-16(26)6-4-14)33-36-24(20)28-10-2-9-25;/h3-8,12-13,28H,2,9-11,27H2,1H3,(H,31,34);1H. The Morgan fingerprint density at radius 2 is 1.86 bits per heavy atom. The minimum Gasteiger partial charge on any atom is -0.479 e. The summed E-state index contributed by atoms with van der Waals surface area (Å²) in [6.45, 7) is 0.694. The maximum Gasteiger partial charge on any atom is 0.263 e. The van der Waals surface area contributed by atoms with Crippen LogP contribution in [0.5, 0.6) is 5.88 Å². The van der Waals surface area contributed by atoms with Gasteiger partial charge in [0.2, 0.25) is 11.8 Å². The number of amides is 1. The third kappa shape index (κ3) is 6.50. The first-order chi connectivity index (χ1) is 17.5. The van der Waals surface area contributed by atoms with Crippen molar-refractivity contribution in [3.8, 4) is 28.4 Å². The Morgan fingerprint density at radius 3 is 2.51 bits per heavy atom. The maximum atomic E-state index is 13.5. The normalized spacial score (nSPS) is 10.5. The number of nitrogens with two attached hydrogens (primary N) is 1. The van der Waals surface area contributed by atoms with E-state index in [-0.39, 0.29) is 42.0 Å². The summed E-state index contributed by atoms with van der Waals surface area (Å²) in [4.78, 5) is 26.2. The number of alkyl halides is 1. The lowest BCUT2D eigenvalue weighted by Crippen LogP contribution is -2.16. The second-order valence-electron chi connectivity index (χ2n) is 7.51. The number of aromatic nitrogens is 4. The van der Waals surface area contributed by atoms with Crippen LogP contribution < -0.4 is 21.1 Å². The number of carbonyl (C=O) groups excluding carboxylic acids is 1. The Balaban J connectivity index is 0.00000380. The molecule has 4 aromatic rings. The fraction of sp³-hybridized carbons (Fsp3) is 0.208. The van der Waals surface area contributed by atoms with E-state index >= 15 is 0 Å². The molecule has 13 heteroatoms. The van der Waals surface area contributed by atoms with Crippen molar-refractivity contribution < 1.29 is 18.4 Å². The lowest BCUT2D eigenvalue weighted by atomic mass is 10.1. The highest BCUT2D eigenvalue weighted by molar-refractivity contribution is 6.17. The predicted molar refractivity (Wildman–Crippen MR) is 141 cm³/mol. The van der Waals surface area contributed by atoms with Crippen molar-refractivity contribution in [3.05, 3.63) is 66.0 Å². The number of nitrogens with one attached hydrogen (secondary N) is 2. The van der Waals surface area contributed by atoms with Crippen LogP contribution in [0.25, 0.3) is 22.5 Å². The zero-order valence-corrected chi connectivity index (χ0v) is 21.3. The van der Waals surface area contributed by atoms with Gasteiger partial charge in [-0.3, -0.25) is 4.79 Å². The van der Waals surface area contributed by atoms with Crippen LogP contribution in [-0.2, 0) is 6.54 Å². The zero-order valence-electron chi connectivity index (χ0n) is 19.7. The molecule has 0 atom stereocenters. The zero-order chi connectivity index (χ0) is 25.5. The molecule has 10 nitrogen and oxygen atoms in total. The molecule has 3 aromatic heterocycles. The third-order valence-electron chi connectivity index (χ3n) is 5.12. The number of ether oxygens (including phenoxy) is 1. The Labute approximate surface area is 223 Å². The smallest absolute Gasteiger partial charge is 0.263 e. The summed E-state index contributed by atoms with van der Waals surface area (Å²) in [7, 11) is 1.44. The van der Waals surface area contributed by atoms with Gasteiger partial charge < -0.3 is 25.6 Å². The van der Waals surface area contributed by atoms with Gasteiger partial charge in [-0.25, -0.2) is 19.3 Å². The Kier molecular flexibility index (Phi) is 9.72. The number of benzene rings is 1. The third-order valence-corrected chi connectivity index (χ3v) is 5.39. The summed E-state index contributed by atoms with van der Waals surface area (Å²) in [6, 6.07) is 8.95. The number of halogens is 3. The van der Waals surface area contributed by atoms with Crippen molar-refractivity contribution in [1.29, 1.82) is 0 Å². The van der Waals surface area contributed by atoms with Crippen LogP contribution >= 0.6 is 24.0 Å². The first-order valence-electron chi connectivity index (χ1n) is 11.0. The Bertz CT molecular complexity index is 1340. The van der Waals surface area contributed by atoms with Crippen molar-refractivity contribution in [3.63, 3.8) is 0 Å². The average molecular weight is 548 g/mol. The predicted octanol–water partition coefficient (Wildman–Crippen LogP) is 4.51. The van der Waals surface area contributed by atoms with Gasteiger partial charge in [-0.2, -0.15) is 0 Å². The second-order valence-corrected chi connectivity index (χ2v) is 7.89. The Hall–Kier alpha value is -3.80. The molecule has 1 aromatic carbocycles. The number of hydrogen-bond acceptors (Lipinski definition) is 9. The van der Waals surface area contributed by atoms with E-state index in [1.807, 2.05) is 0 Å². The SMILES string of the molecule is COc1nc(-c2cnc(CN)nc2)ccc1NC(=O)c1c(-c2ccc(F)cc2)noc1NCCCCl.Cl. The molecule has 194 valence electrons. The first-order valence-corrected chi connectivity index (χ1v) is 11.5. The van der Waals surface area contributed by atoms with Crippen LogP contribution in [0.15, 0.2) is 53.3 Å². The maximum absolute atomic E-state index is 13.5. The minimum absolute atomic E-state index is 0. The molecule has 0 aliphatic rings. The number of carbonyl (C=O) groups is 1. The number of methoxy groups -OCH3 is 1. The highest BCUT2D eigenvalue weighted by Crippen LogP contribution is 2.32. The van der Waals surface area contributed by atoms with Gasteiger partial charge in [0.15, 0.2) is 0 Å². The van der Waals surface area contributed by atoms with E-state index in [0.717, 1.165) is 0 Å². The van der Waals surface area contributed by atoms with Gasteiger partial charge in [-0.05, 0) is 42.8 Å². The van der Waals surface area contributed by atoms with Crippen LogP contribution in [0.4, 0.5) is 16.0 Å². The summed E-state index contributed by atoms with van der Waals surface area (Å²) in [5, 5.41) is 9.88. The van der Waals surface area contributed by atoms with Gasteiger partial charge in [0, 0.05) is 35.9 Å². The molecule has 0 radical (unpaired) electrons. The molecule has 0 unspecified atom stereocenters. The Morgan fingerprint density at radius 1 is 1.14 bits per heavy atom. The molecule has 0 saturated heterocycles. The van der Waals surface area contributed by atoms with Gasteiger partial charge in [-0.1, -0.05) is 5.16 Å². The molecule has 0 bridgehead atoms. The summed E-state index contributed by atoms with van der Waals surface area (Å²) >= 11 is 5.76. The number of pyridine rings is 1. The molecule has 0 aliphatic heterocycles. The summed E-state index contributed by atoms with van der Waals surface area (Å²) in [5.41, 5.74) is 7.99. The highest BCUT2D eigenvalue weighted by atomic mass is 35.5. The van der Waals surface area contributed by atoms with Gasteiger partial charge in [-0.15, -0.1) is 24.0 Å². The van der Waals surface area contributed by atoms with Gasteiger partial charge in [0.1, 0.15) is 28.6 Å². The number of nitrogens with zero attached hydrogens (tertiary/aromatic N) is 4. The molecular weight excluding hydrogens is 524 g/mol. The fourth-order valence-corrected chi connectivity index (χ4v) is 3.46. The highest BCUT2D eigenvalue weighted by Gasteiger charge is 2.25.